The molecule has 2 N–H and O–H groups in total. The van der Waals surface area contributed by atoms with Crippen LogP contribution >= 0.6 is 0 Å². The van der Waals surface area contributed by atoms with Crippen LogP contribution in [0.25, 0.3) is 0 Å². The molecule has 0 saturated heterocycles. The number of halogens is 2. The number of carbonyl (C=O) groups excluding carboxylic acids is 1. The zero-order chi connectivity index (χ0) is 14.6. The predicted octanol–water partition coefficient (Wildman–Crippen LogP) is 2.61. The third kappa shape index (κ3) is 3.73. The van der Waals surface area contributed by atoms with Crippen LogP contribution in [-0.4, -0.2) is 23.9 Å². The molecule has 0 aliphatic heterocycles. The van der Waals surface area contributed by atoms with E-state index in [1.165, 1.54) is 11.0 Å². The first-order valence-corrected chi connectivity index (χ1v) is 6.35. The molecule has 2 atom stereocenters. The van der Waals surface area contributed by atoms with E-state index in [9.17, 15) is 13.6 Å². The SMILES string of the molecule is CCC[C@H](N)C(=O)N(C)C(C)c1ccc(F)c(F)c1. The number of amides is 1. The number of nitrogens with zero attached hydrogens (tertiary/aromatic N) is 1. The Kier molecular flexibility index (Phi) is 5.42. The molecule has 0 aromatic heterocycles. The second-order valence-corrected chi connectivity index (χ2v) is 4.69. The molecule has 1 unspecified atom stereocenters. The summed E-state index contributed by atoms with van der Waals surface area (Å²) in [5, 5.41) is 0. The highest BCUT2D eigenvalue weighted by molar-refractivity contribution is 5.81. The molecule has 1 aromatic carbocycles. The molecule has 0 radical (unpaired) electrons. The summed E-state index contributed by atoms with van der Waals surface area (Å²) in [4.78, 5) is 13.5. The van der Waals surface area contributed by atoms with Crippen molar-refractivity contribution in [3.63, 3.8) is 0 Å². The molecule has 0 heterocycles. The molecular formula is C14H20F2N2O. The van der Waals surface area contributed by atoms with Crippen LogP contribution in [0.4, 0.5) is 8.78 Å². The van der Waals surface area contributed by atoms with Crippen molar-refractivity contribution in [2.75, 3.05) is 7.05 Å². The first-order chi connectivity index (χ1) is 8.88. The molecule has 0 aliphatic carbocycles. The summed E-state index contributed by atoms with van der Waals surface area (Å²) in [6.07, 6.45) is 1.42. The lowest BCUT2D eigenvalue weighted by Gasteiger charge is -2.28. The average Bonchev–Trinajstić information content (AvgIpc) is 2.39. The van der Waals surface area contributed by atoms with E-state index in [0.717, 1.165) is 18.6 Å². The number of nitrogens with two attached hydrogens (primary N) is 1. The topological polar surface area (TPSA) is 46.3 Å². The highest BCUT2D eigenvalue weighted by atomic mass is 19.2. The lowest BCUT2D eigenvalue weighted by atomic mass is 10.1. The van der Waals surface area contributed by atoms with Gasteiger partial charge in [-0.1, -0.05) is 19.4 Å². The third-order valence-corrected chi connectivity index (χ3v) is 3.27. The Bertz CT molecular complexity index is 451. The summed E-state index contributed by atoms with van der Waals surface area (Å²) in [5.41, 5.74) is 6.31. The van der Waals surface area contributed by atoms with Gasteiger partial charge >= 0.3 is 0 Å². The van der Waals surface area contributed by atoms with Gasteiger partial charge in [0, 0.05) is 7.05 Å². The highest BCUT2D eigenvalue weighted by Gasteiger charge is 2.22. The van der Waals surface area contributed by atoms with E-state index < -0.39 is 17.7 Å². The minimum atomic E-state index is -0.914. The van der Waals surface area contributed by atoms with Gasteiger partial charge in [0.1, 0.15) is 0 Å². The molecule has 3 nitrogen and oxygen atoms in total. The molecule has 0 spiro atoms. The standard InChI is InChI=1S/C14H20F2N2O/c1-4-5-13(17)14(19)18(3)9(2)10-6-7-11(15)12(16)8-10/h6-9,13H,4-5,17H2,1-3H3/t9?,13-/m0/s1. The van der Waals surface area contributed by atoms with Crippen LogP contribution in [0, 0.1) is 11.6 Å². The van der Waals surface area contributed by atoms with Crippen LogP contribution in [0.1, 0.15) is 38.3 Å². The normalized spacial score (nSPS) is 14.0. The van der Waals surface area contributed by atoms with Crippen molar-refractivity contribution >= 4 is 5.91 Å². The number of likely N-dealkylation sites (N-methyl/N-ethyl adjacent to an activating group) is 1. The molecule has 0 fully saturated rings. The van der Waals surface area contributed by atoms with E-state index in [4.69, 9.17) is 5.73 Å². The summed E-state index contributed by atoms with van der Waals surface area (Å²) >= 11 is 0. The van der Waals surface area contributed by atoms with Crippen LogP contribution < -0.4 is 5.73 Å². The van der Waals surface area contributed by atoms with E-state index in [1.807, 2.05) is 6.92 Å². The Balaban J connectivity index is 2.83. The summed E-state index contributed by atoms with van der Waals surface area (Å²) in [6.45, 7) is 3.70. The van der Waals surface area contributed by atoms with Gasteiger partial charge in [-0.2, -0.15) is 0 Å². The minimum Gasteiger partial charge on any atom is -0.338 e. The maximum absolute atomic E-state index is 13.2. The molecule has 0 aliphatic rings. The lowest BCUT2D eigenvalue weighted by molar-refractivity contribution is -0.133. The first kappa shape index (κ1) is 15.6. The zero-order valence-electron chi connectivity index (χ0n) is 11.5. The van der Waals surface area contributed by atoms with Crippen molar-refractivity contribution in [3.05, 3.63) is 35.4 Å². The molecule has 5 heteroatoms. The largest absolute Gasteiger partial charge is 0.338 e. The lowest BCUT2D eigenvalue weighted by Crippen LogP contribution is -2.42. The van der Waals surface area contributed by atoms with E-state index in [1.54, 1.807) is 14.0 Å². The van der Waals surface area contributed by atoms with Gasteiger partial charge in [0.2, 0.25) is 5.91 Å². The van der Waals surface area contributed by atoms with Gasteiger partial charge in [-0.05, 0) is 31.0 Å². The molecule has 1 amide bonds. The first-order valence-electron chi connectivity index (χ1n) is 6.35. The Morgan fingerprint density at radius 3 is 2.53 bits per heavy atom. The van der Waals surface area contributed by atoms with Crippen LogP contribution in [0.2, 0.25) is 0 Å². The van der Waals surface area contributed by atoms with Gasteiger partial charge in [-0.25, -0.2) is 8.78 Å². The van der Waals surface area contributed by atoms with Crippen LogP contribution in [0.3, 0.4) is 0 Å². The van der Waals surface area contributed by atoms with Crippen molar-refractivity contribution in [3.8, 4) is 0 Å². The van der Waals surface area contributed by atoms with Crippen molar-refractivity contribution in [1.82, 2.24) is 4.90 Å². The molecule has 106 valence electrons. The Hall–Kier alpha value is -1.49. The maximum Gasteiger partial charge on any atom is 0.239 e. The fraction of sp³-hybridized carbons (Fsp3) is 0.500. The van der Waals surface area contributed by atoms with Crippen LogP contribution in [0.5, 0.6) is 0 Å². The third-order valence-electron chi connectivity index (χ3n) is 3.27. The quantitative estimate of drug-likeness (QED) is 0.894. The molecule has 0 saturated carbocycles. The van der Waals surface area contributed by atoms with Crippen molar-refractivity contribution in [2.24, 2.45) is 5.73 Å². The van der Waals surface area contributed by atoms with Crippen LogP contribution in [0.15, 0.2) is 18.2 Å². The van der Waals surface area contributed by atoms with E-state index in [2.05, 4.69) is 0 Å². The van der Waals surface area contributed by atoms with E-state index >= 15 is 0 Å². The predicted molar refractivity (Wildman–Crippen MR) is 70.4 cm³/mol. The molecule has 0 bridgehead atoms. The average molecular weight is 270 g/mol. The van der Waals surface area contributed by atoms with Gasteiger partial charge in [-0.15, -0.1) is 0 Å². The summed E-state index contributed by atoms with van der Waals surface area (Å²) in [7, 11) is 1.61. The minimum absolute atomic E-state index is 0.195. The van der Waals surface area contributed by atoms with Crippen molar-refractivity contribution < 1.29 is 13.6 Å². The monoisotopic (exact) mass is 270 g/mol. The second kappa shape index (κ2) is 6.61. The smallest absolute Gasteiger partial charge is 0.239 e. The fourth-order valence-electron chi connectivity index (χ4n) is 1.88. The summed E-state index contributed by atoms with van der Waals surface area (Å²) in [6, 6.07) is 2.73. The van der Waals surface area contributed by atoms with Crippen molar-refractivity contribution in [1.29, 1.82) is 0 Å². The molecule has 1 aromatic rings. The van der Waals surface area contributed by atoms with Gasteiger partial charge < -0.3 is 10.6 Å². The Morgan fingerprint density at radius 1 is 1.37 bits per heavy atom. The number of hydrogen-bond donors (Lipinski definition) is 1. The number of hydrogen-bond acceptors (Lipinski definition) is 2. The number of rotatable bonds is 5. The van der Waals surface area contributed by atoms with Gasteiger partial charge in [-0.3, -0.25) is 4.79 Å². The summed E-state index contributed by atoms with van der Waals surface area (Å²) in [5.74, 6) is -2.00. The second-order valence-electron chi connectivity index (χ2n) is 4.69. The van der Waals surface area contributed by atoms with Crippen molar-refractivity contribution in [2.45, 2.75) is 38.8 Å². The molecule has 1 rings (SSSR count). The van der Waals surface area contributed by atoms with Gasteiger partial charge in [0.15, 0.2) is 11.6 Å². The maximum atomic E-state index is 13.2. The zero-order valence-corrected chi connectivity index (χ0v) is 11.5. The molecular weight excluding hydrogens is 250 g/mol. The fourth-order valence-corrected chi connectivity index (χ4v) is 1.88. The molecule has 19 heavy (non-hydrogen) atoms. The van der Waals surface area contributed by atoms with Crippen LogP contribution in [-0.2, 0) is 4.79 Å². The number of benzene rings is 1. The highest BCUT2D eigenvalue weighted by Crippen LogP contribution is 2.21. The van der Waals surface area contributed by atoms with Gasteiger partial charge in [0.05, 0.1) is 12.1 Å². The van der Waals surface area contributed by atoms with Gasteiger partial charge in [0.25, 0.3) is 0 Å². The number of carbonyl (C=O) groups is 1. The van der Waals surface area contributed by atoms with E-state index in [-0.39, 0.29) is 11.9 Å². The Labute approximate surface area is 112 Å². The van der Waals surface area contributed by atoms with E-state index in [0.29, 0.717) is 12.0 Å². The summed E-state index contributed by atoms with van der Waals surface area (Å²) < 4.78 is 26.1. The Morgan fingerprint density at radius 2 is 2.00 bits per heavy atom.